The second-order valence-corrected chi connectivity index (χ2v) is 4.84. The molecular formula is C12H11ClN2OS. The van der Waals surface area contributed by atoms with Crippen LogP contribution in [0.4, 0.5) is 5.69 Å². The number of hydrogen-bond acceptors (Lipinski definition) is 3. The van der Waals surface area contributed by atoms with E-state index < -0.39 is 0 Å². The number of thiazole rings is 1. The summed E-state index contributed by atoms with van der Waals surface area (Å²) >= 11 is 7.04. The highest BCUT2D eigenvalue weighted by Crippen LogP contribution is 2.24. The van der Waals surface area contributed by atoms with E-state index in [0.717, 1.165) is 22.0 Å². The zero-order valence-corrected chi connectivity index (χ0v) is 10.8. The molecule has 17 heavy (non-hydrogen) atoms. The van der Waals surface area contributed by atoms with E-state index in [9.17, 15) is 4.79 Å². The molecular weight excluding hydrogens is 256 g/mol. The van der Waals surface area contributed by atoms with Crippen LogP contribution in [0.5, 0.6) is 0 Å². The maximum atomic E-state index is 11.2. The van der Waals surface area contributed by atoms with Crippen LogP contribution in [0.1, 0.15) is 5.01 Å². The molecule has 2 aromatic rings. The highest BCUT2D eigenvalue weighted by Gasteiger charge is 2.04. The highest BCUT2D eigenvalue weighted by atomic mass is 35.5. The van der Waals surface area contributed by atoms with Crippen molar-refractivity contribution in [2.24, 2.45) is 0 Å². The monoisotopic (exact) mass is 266 g/mol. The lowest BCUT2D eigenvalue weighted by molar-refractivity contribution is -0.113. The maximum absolute atomic E-state index is 11.2. The molecule has 0 atom stereocenters. The third kappa shape index (κ3) is 3.05. The summed E-state index contributed by atoms with van der Waals surface area (Å²) in [6.45, 7) is 1.97. The van der Waals surface area contributed by atoms with E-state index in [2.05, 4.69) is 10.3 Å². The predicted octanol–water partition coefficient (Wildman–Crippen LogP) is 3.30. The number of rotatable bonds is 3. The van der Waals surface area contributed by atoms with Gasteiger partial charge in [0.15, 0.2) is 0 Å². The molecule has 0 fully saturated rings. The molecule has 5 heteroatoms. The number of hydrogen-bond donors (Lipinski definition) is 1. The lowest BCUT2D eigenvalue weighted by Crippen LogP contribution is -2.12. The first-order valence-corrected chi connectivity index (χ1v) is 6.49. The molecule has 0 aliphatic heterocycles. The molecule has 0 saturated heterocycles. The minimum absolute atomic E-state index is 0.0416. The number of carbonyl (C=O) groups excluding carboxylic acids is 1. The van der Waals surface area contributed by atoms with Gasteiger partial charge in [-0.2, -0.15) is 0 Å². The molecule has 0 radical (unpaired) electrons. The highest BCUT2D eigenvalue weighted by molar-refractivity contribution is 7.09. The normalized spacial score (nSPS) is 10.2. The Labute approximate surface area is 108 Å². The van der Waals surface area contributed by atoms with Crippen molar-refractivity contribution in [1.29, 1.82) is 0 Å². The summed E-state index contributed by atoms with van der Waals surface area (Å²) in [5.74, 6) is -0.252. The standard InChI is InChI=1S/C12H11ClN2OS/c1-8-14-11(7-17-8)9-3-2-4-10(5-9)15-12(16)6-13/h2-5,7H,6H2,1H3,(H,15,16). The van der Waals surface area contributed by atoms with Crippen LogP contribution < -0.4 is 5.32 Å². The molecule has 88 valence electrons. The molecule has 0 saturated carbocycles. The van der Waals surface area contributed by atoms with Gasteiger partial charge in [0.25, 0.3) is 0 Å². The molecule has 1 amide bonds. The SMILES string of the molecule is Cc1nc(-c2cccc(NC(=O)CCl)c2)cs1. The predicted molar refractivity (Wildman–Crippen MR) is 71.6 cm³/mol. The first-order chi connectivity index (χ1) is 8.19. The average molecular weight is 267 g/mol. The summed E-state index contributed by atoms with van der Waals surface area (Å²) in [7, 11) is 0. The zero-order chi connectivity index (χ0) is 12.3. The summed E-state index contributed by atoms with van der Waals surface area (Å²) in [6, 6.07) is 7.56. The van der Waals surface area contributed by atoms with Gasteiger partial charge in [-0.3, -0.25) is 4.79 Å². The Morgan fingerprint density at radius 3 is 3.00 bits per heavy atom. The molecule has 0 aliphatic rings. The van der Waals surface area contributed by atoms with Crippen molar-refractivity contribution in [3.63, 3.8) is 0 Å². The quantitative estimate of drug-likeness (QED) is 0.866. The second-order valence-electron chi connectivity index (χ2n) is 3.51. The van der Waals surface area contributed by atoms with Gasteiger partial charge < -0.3 is 5.32 Å². The summed E-state index contributed by atoms with van der Waals surface area (Å²) < 4.78 is 0. The van der Waals surface area contributed by atoms with E-state index in [1.807, 2.05) is 36.6 Å². The van der Waals surface area contributed by atoms with Gasteiger partial charge in [0.05, 0.1) is 10.7 Å². The van der Waals surface area contributed by atoms with Crippen molar-refractivity contribution in [2.45, 2.75) is 6.92 Å². The minimum atomic E-state index is -0.210. The van der Waals surface area contributed by atoms with Crippen molar-refractivity contribution in [3.8, 4) is 11.3 Å². The number of anilines is 1. The average Bonchev–Trinajstić information content (AvgIpc) is 2.76. The van der Waals surface area contributed by atoms with Gasteiger partial charge in [-0.05, 0) is 19.1 Å². The summed E-state index contributed by atoms with van der Waals surface area (Å²) in [6.07, 6.45) is 0. The number of carbonyl (C=O) groups is 1. The van der Waals surface area contributed by atoms with Crippen molar-refractivity contribution < 1.29 is 4.79 Å². The van der Waals surface area contributed by atoms with E-state index >= 15 is 0 Å². The third-order valence-corrected chi connectivity index (χ3v) is 3.20. The van der Waals surface area contributed by atoms with Gasteiger partial charge in [-0.25, -0.2) is 4.98 Å². The first kappa shape index (κ1) is 12.1. The van der Waals surface area contributed by atoms with Crippen molar-refractivity contribution in [1.82, 2.24) is 4.98 Å². The van der Waals surface area contributed by atoms with E-state index in [4.69, 9.17) is 11.6 Å². The van der Waals surface area contributed by atoms with E-state index in [1.54, 1.807) is 11.3 Å². The zero-order valence-electron chi connectivity index (χ0n) is 9.24. The fourth-order valence-electron chi connectivity index (χ4n) is 1.45. The second kappa shape index (κ2) is 5.29. The van der Waals surface area contributed by atoms with Crippen molar-refractivity contribution >= 4 is 34.5 Å². The molecule has 1 heterocycles. The van der Waals surface area contributed by atoms with Crippen molar-refractivity contribution in [2.75, 3.05) is 11.2 Å². The molecule has 0 aliphatic carbocycles. The summed E-state index contributed by atoms with van der Waals surface area (Å²) in [4.78, 5) is 15.6. The van der Waals surface area contributed by atoms with Gasteiger partial charge in [0.2, 0.25) is 5.91 Å². The summed E-state index contributed by atoms with van der Waals surface area (Å²) in [5, 5.41) is 5.73. The van der Waals surface area contributed by atoms with E-state index in [1.165, 1.54) is 0 Å². The van der Waals surface area contributed by atoms with Crippen molar-refractivity contribution in [3.05, 3.63) is 34.7 Å². The number of alkyl halides is 1. The number of aromatic nitrogens is 1. The van der Waals surface area contributed by atoms with Crippen LogP contribution >= 0.6 is 22.9 Å². The number of amides is 1. The number of halogens is 1. The van der Waals surface area contributed by atoms with Gasteiger partial charge in [-0.1, -0.05) is 12.1 Å². The molecule has 2 rings (SSSR count). The number of aryl methyl sites for hydroxylation is 1. The van der Waals surface area contributed by atoms with Crippen LogP contribution in [0.15, 0.2) is 29.6 Å². The Hall–Kier alpha value is -1.39. The van der Waals surface area contributed by atoms with Crippen LogP contribution in [0.2, 0.25) is 0 Å². The topological polar surface area (TPSA) is 42.0 Å². The summed E-state index contributed by atoms with van der Waals surface area (Å²) in [5.41, 5.74) is 2.65. The minimum Gasteiger partial charge on any atom is -0.325 e. The molecule has 0 spiro atoms. The molecule has 0 bridgehead atoms. The Balaban J connectivity index is 2.25. The molecule has 0 unspecified atom stereocenters. The largest absolute Gasteiger partial charge is 0.325 e. The molecule has 1 aromatic heterocycles. The Morgan fingerprint density at radius 2 is 2.35 bits per heavy atom. The van der Waals surface area contributed by atoms with Crippen LogP contribution in [-0.2, 0) is 4.79 Å². The molecule has 1 N–H and O–H groups in total. The smallest absolute Gasteiger partial charge is 0.239 e. The van der Waals surface area contributed by atoms with Crippen LogP contribution in [0.25, 0.3) is 11.3 Å². The van der Waals surface area contributed by atoms with Gasteiger partial charge in [-0.15, -0.1) is 22.9 Å². The van der Waals surface area contributed by atoms with Gasteiger partial charge >= 0.3 is 0 Å². The lowest BCUT2D eigenvalue weighted by Gasteiger charge is -2.04. The van der Waals surface area contributed by atoms with Gasteiger partial charge in [0.1, 0.15) is 5.88 Å². The first-order valence-electron chi connectivity index (χ1n) is 5.07. The van der Waals surface area contributed by atoms with Crippen LogP contribution in [0.3, 0.4) is 0 Å². The van der Waals surface area contributed by atoms with E-state index in [0.29, 0.717) is 0 Å². The van der Waals surface area contributed by atoms with E-state index in [-0.39, 0.29) is 11.8 Å². The Kier molecular flexibility index (Phi) is 3.76. The number of nitrogens with one attached hydrogen (secondary N) is 1. The molecule has 3 nitrogen and oxygen atoms in total. The Bertz CT molecular complexity index is 539. The lowest BCUT2D eigenvalue weighted by atomic mass is 10.1. The van der Waals surface area contributed by atoms with Crippen LogP contribution in [0, 0.1) is 6.92 Å². The van der Waals surface area contributed by atoms with Crippen LogP contribution in [-0.4, -0.2) is 16.8 Å². The number of benzene rings is 1. The maximum Gasteiger partial charge on any atom is 0.239 e. The van der Waals surface area contributed by atoms with Gasteiger partial charge in [0, 0.05) is 16.6 Å². The fraction of sp³-hybridized carbons (Fsp3) is 0.167. The number of nitrogens with zero attached hydrogens (tertiary/aromatic N) is 1. The third-order valence-electron chi connectivity index (χ3n) is 2.18. The fourth-order valence-corrected chi connectivity index (χ4v) is 2.14. The Morgan fingerprint density at radius 1 is 1.53 bits per heavy atom. The molecule has 1 aromatic carbocycles.